The van der Waals surface area contributed by atoms with E-state index in [0.29, 0.717) is 5.92 Å². The third kappa shape index (κ3) is 5.08. The number of rotatable bonds is 7. The SMILES string of the molecule is COc1cc(C(=O)OCC(=O)N[C@@H]2CCCC[C@@H]2C)c([N+](=O)[O-])cc1OC. The normalized spacial score (nSPS) is 19.1. The summed E-state index contributed by atoms with van der Waals surface area (Å²) in [5.41, 5.74) is -0.796. The summed E-state index contributed by atoms with van der Waals surface area (Å²) < 4.78 is 15.1. The van der Waals surface area contributed by atoms with Crippen molar-refractivity contribution in [3.8, 4) is 11.5 Å². The van der Waals surface area contributed by atoms with Gasteiger partial charge in [0.15, 0.2) is 18.1 Å². The summed E-state index contributed by atoms with van der Waals surface area (Å²) in [5.74, 6) is -0.773. The van der Waals surface area contributed by atoms with Crippen molar-refractivity contribution in [2.24, 2.45) is 5.92 Å². The molecule has 0 bridgehead atoms. The Kier molecular flexibility index (Phi) is 6.98. The van der Waals surface area contributed by atoms with Crippen molar-refractivity contribution in [2.45, 2.75) is 38.6 Å². The van der Waals surface area contributed by atoms with Crippen LogP contribution in [0.25, 0.3) is 0 Å². The molecule has 9 heteroatoms. The second-order valence-corrected chi connectivity index (χ2v) is 6.49. The number of amides is 1. The van der Waals surface area contributed by atoms with E-state index in [1.165, 1.54) is 20.3 Å². The minimum absolute atomic E-state index is 0.0559. The predicted molar refractivity (Wildman–Crippen MR) is 96.0 cm³/mol. The maximum Gasteiger partial charge on any atom is 0.345 e. The number of hydrogen-bond acceptors (Lipinski definition) is 7. The molecular weight excluding hydrogens is 356 g/mol. The summed E-state index contributed by atoms with van der Waals surface area (Å²) in [6.07, 6.45) is 4.13. The van der Waals surface area contributed by atoms with Crippen LogP contribution < -0.4 is 14.8 Å². The molecule has 2 rings (SSSR count). The van der Waals surface area contributed by atoms with Gasteiger partial charge in [0.2, 0.25) is 0 Å². The predicted octanol–water partition coefficient (Wildman–Crippen LogP) is 2.46. The van der Waals surface area contributed by atoms with Gasteiger partial charge in [-0.1, -0.05) is 19.8 Å². The van der Waals surface area contributed by atoms with Crippen LogP contribution in [0, 0.1) is 16.0 Å². The molecule has 0 unspecified atom stereocenters. The average Bonchev–Trinajstić information content (AvgIpc) is 2.66. The fraction of sp³-hybridized carbons (Fsp3) is 0.556. The van der Waals surface area contributed by atoms with Gasteiger partial charge in [-0.05, 0) is 18.8 Å². The summed E-state index contributed by atoms with van der Waals surface area (Å²) >= 11 is 0. The number of nitrogens with zero attached hydrogens (tertiary/aromatic N) is 1. The number of benzene rings is 1. The standard InChI is InChI=1S/C18H24N2O7/c1-11-6-4-5-7-13(11)19-17(21)10-27-18(22)12-8-15(25-2)16(26-3)9-14(12)20(23)24/h8-9,11,13H,4-7,10H2,1-3H3,(H,19,21)/t11-,13+/m0/s1. The van der Waals surface area contributed by atoms with Crippen LogP contribution in [0.3, 0.4) is 0 Å². The number of esters is 1. The number of nitro groups is 1. The van der Waals surface area contributed by atoms with E-state index in [2.05, 4.69) is 12.2 Å². The van der Waals surface area contributed by atoms with E-state index in [4.69, 9.17) is 14.2 Å². The highest BCUT2D eigenvalue weighted by atomic mass is 16.6. The average molecular weight is 380 g/mol. The molecule has 0 saturated heterocycles. The fourth-order valence-corrected chi connectivity index (χ4v) is 3.17. The molecule has 9 nitrogen and oxygen atoms in total. The third-order valence-electron chi connectivity index (χ3n) is 4.71. The molecule has 0 heterocycles. The molecule has 1 aromatic rings. The van der Waals surface area contributed by atoms with Crippen molar-refractivity contribution < 1.29 is 28.7 Å². The molecule has 148 valence electrons. The van der Waals surface area contributed by atoms with E-state index in [-0.39, 0.29) is 23.1 Å². The third-order valence-corrected chi connectivity index (χ3v) is 4.71. The van der Waals surface area contributed by atoms with Crippen molar-refractivity contribution in [1.29, 1.82) is 0 Å². The molecule has 1 amide bonds. The monoisotopic (exact) mass is 380 g/mol. The summed E-state index contributed by atoms with van der Waals surface area (Å²) in [6, 6.07) is 2.31. The van der Waals surface area contributed by atoms with Gasteiger partial charge in [0, 0.05) is 12.1 Å². The fourth-order valence-electron chi connectivity index (χ4n) is 3.17. The van der Waals surface area contributed by atoms with Crippen LogP contribution in [0.5, 0.6) is 11.5 Å². The summed E-state index contributed by atoms with van der Waals surface area (Å²) in [7, 11) is 2.67. The lowest BCUT2D eigenvalue weighted by molar-refractivity contribution is -0.385. The first-order valence-electron chi connectivity index (χ1n) is 8.74. The first-order chi connectivity index (χ1) is 12.9. The Morgan fingerprint density at radius 3 is 2.41 bits per heavy atom. The molecule has 0 aliphatic heterocycles. The number of nitrogens with one attached hydrogen (secondary N) is 1. The van der Waals surface area contributed by atoms with Crippen molar-refractivity contribution in [2.75, 3.05) is 20.8 Å². The van der Waals surface area contributed by atoms with E-state index in [9.17, 15) is 19.7 Å². The number of carbonyl (C=O) groups excluding carboxylic acids is 2. The maximum atomic E-state index is 12.3. The number of nitro benzene ring substituents is 1. The van der Waals surface area contributed by atoms with Gasteiger partial charge in [0.1, 0.15) is 5.56 Å². The molecule has 27 heavy (non-hydrogen) atoms. The molecule has 1 aliphatic rings. The minimum Gasteiger partial charge on any atom is -0.493 e. The van der Waals surface area contributed by atoms with E-state index in [1.807, 2.05) is 0 Å². The summed E-state index contributed by atoms with van der Waals surface area (Å²) in [6.45, 7) is 1.57. The van der Waals surface area contributed by atoms with E-state index in [0.717, 1.165) is 31.7 Å². The zero-order valence-corrected chi connectivity index (χ0v) is 15.6. The lowest BCUT2D eigenvalue weighted by atomic mass is 9.86. The zero-order valence-electron chi connectivity index (χ0n) is 15.6. The lowest BCUT2D eigenvalue weighted by Crippen LogP contribution is -2.42. The smallest absolute Gasteiger partial charge is 0.345 e. The Balaban J connectivity index is 2.06. The Hall–Kier alpha value is -2.84. The zero-order chi connectivity index (χ0) is 20.0. The van der Waals surface area contributed by atoms with Gasteiger partial charge in [0.05, 0.1) is 25.2 Å². The van der Waals surface area contributed by atoms with Gasteiger partial charge in [-0.3, -0.25) is 14.9 Å². The van der Waals surface area contributed by atoms with Crippen LogP contribution in [0.2, 0.25) is 0 Å². The highest BCUT2D eigenvalue weighted by Crippen LogP contribution is 2.34. The van der Waals surface area contributed by atoms with Gasteiger partial charge in [0.25, 0.3) is 11.6 Å². The Morgan fingerprint density at radius 2 is 1.81 bits per heavy atom. The topological polar surface area (TPSA) is 117 Å². The van der Waals surface area contributed by atoms with Crippen LogP contribution in [0.1, 0.15) is 43.0 Å². The Bertz CT molecular complexity index is 720. The largest absolute Gasteiger partial charge is 0.493 e. The quantitative estimate of drug-likeness (QED) is 0.439. The van der Waals surface area contributed by atoms with Gasteiger partial charge >= 0.3 is 5.97 Å². The maximum absolute atomic E-state index is 12.3. The van der Waals surface area contributed by atoms with E-state index in [1.54, 1.807) is 0 Å². The van der Waals surface area contributed by atoms with Crippen LogP contribution in [0.4, 0.5) is 5.69 Å². The van der Waals surface area contributed by atoms with E-state index >= 15 is 0 Å². The second-order valence-electron chi connectivity index (χ2n) is 6.49. The number of ether oxygens (including phenoxy) is 3. The van der Waals surface area contributed by atoms with Gasteiger partial charge < -0.3 is 19.5 Å². The molecule has 2 atom stereocenters. The molecule has 1 N–H and O–H groups in total. The highest BCUT2D eigenvalue weighted by molar-refractivity contribution is 5.96. The second kappa shape index (κ2) is 9.20. The van der Waals surface area contributed by atoms with Gasteiger partial charge in [-0.15, -0.1) is 0 Å². The first-order valence-corrected chi connectivity index (χ1v) is 8.74. The molecule has 1 aliphatic carbocycles. The van der Waals surface area contributed by atoms with Crippen LogP contribution in [0.15, 0.2) is 12.1 Å². The van der Waals surface area contributed by atoms with Crippen LogP contribution in [-0.2, 0) is 9.53 Å². The molecule has 0 aromatic heterocycles. The minimum atomic E-state index is -0.977. The van der Waals surface area contributed by atoms with Crippen molar-refractivity contribution in [1.82, 2.24) is 5.32 Å². The van der Waals surface area contributed by atoms with Gasteiger partial charge in [-0.2, -0.15) is 0 Å². The number of hydrogen-bond donors (Lipinski definition) is 1. The van der Waals surface area contributed by atoms with Gasteiger partial charge in [-0.25, -0.2) is 4.79 Å². The van der Waals surface area contributed by atoms with Crippen molar-refractivity contribution >= 4 is 17.6 Å². The Labute approximate surface area is 157 Å². The molecule has 0 radical (unpaired) electrons. The van der Waals surface area contributed by atoms with Crippen molar-refractivity contribution in [3.63, 3.8) is 0 Å². The number of carbonyl (C=O) groups is 2. The molecule has 1 fully saturated rings. The molecule has 1 aromatic carbocycles. The summed E-state index contributed by atoms with van der Waals surface area (Å²) in [4.78, 5) is 34.9. The van der Waals surface area contributed by atoms with E-state index < -0.39 is 29.1 Å². The number of methoxy groups -OCH3 is 2. The summed E-state index contributed by atoms with van der Waals surface area (Å²) in [5, 5.41) is 14.1. The highest BCUT2D eigenvalue weighted by Gasteiger charge is 2.27. The van der Waals surface area contributed by atoms with Crippen molar-refractivity contribution in [3.05, 3.63) is 27.8 Å². The van der Waals surface area contributed by atoms with Crippen LogP contribution >= 0.6 is 0 Å². The molecule has 0 spiro atoms. The lowest BCUT2D eigenvalue weighted by Gasteiger charge is -2.29. The molecule has 1 saturated carbocycles. The first kappa shape index (κ1) is 20.5. The van der Waals surface area contributed by atoms with Crippen LogP contribution in [-0.4, -0.2) is 43.7 Å². The Morgan fingerprint density at radius 1 is 1.19 bits per heavy atom. The molecular formula is C18H24N2O7.